The average molecular weight is 308 g/mol. The molecule has 0 fully saturated rings. The van der Waals surface area contributed by atoms with E-state index in [2.05, 4.69) is 4.98 Å². The predicted octanol–water partition coefficient (Wildman–Crippen LogP) is 3.91. The maximum atomic E-state index is 13.6. The summed E-state index contributed by atoms with van der Waals surface area (Å²) >= 11 is 5.51. The quantitative estimate of drug-likeness (QED) is 0.277. The SMILES string of the molecule is O=Cc1cc(-c2c(F)c(F)c(F)c(F)c2F)cnc1Cl. The molecular weight excluding hydrogens is 305 g/mol. The van der Waals surface area contributed by atoms with Gasteiger partial charge in [-0.05, 0) is 6.07 Å². The molecule has 0 N–H and O–H groups in total. The molecule has 8 heteroatoms. The van der Waals surface area contributed by atoms with E-state index in [1.54, 1.807) is 0 Å². The number of nitrogens with zero attached hydrogens (tertiary/aromatic N) is 1. The van der Waals surface area contributed by atoms with E-state index >= 15 is 0 Å². The van der Waals surface area contributed by atoms with Gasteiger partial charge in [-0.25, -0.2) is 26.9 Å². The molecule has 0 unspecified atom stereocenters. The van der Waals surface area contributed by atoms with Crippen LogP contribution >= 0.6 is 11.6 Å². The highest BCUT2D eigenvalue weighted by Crippen LogP contribution is 2.32. The third kappa shape index (κ3) is 2.14. The normalized spacial score (nSPS) is 10.7. The van der Waals surface area contributed by atoms with Crippen LogP contribution in [0.15, 0.2) is 12.3 Å². The molecule has 0 atom stereocenters. The Bertz CT molecular complexity index is 690. The Morgan fingerprint density at radius 2 is 1.45 bits per heavy atom. The van der Waals surface area contributed by atoms with Crippen LogP contribution in [0.2, 0.25) is 5.15 Å². The van der Waals surface area contributed by atoms with E-state index in [0.717, 1.165) is 12.3 Å². The number of halogens is 6. The van der Waals surface area contributed by atoms with Gasteiger partial charge in [0.25, 0.3) is 0 Å². The molecule has 0 bridgehead atoms. The zero-order valence-corrected chi connectivity index (χ0v) is 10.1. The number of aldehydes is 1. The molecule has 1 heterocycles. The molecule has 0 radical (unpaired) electrons. The lowest BCUT2D eigenvalue weighted by Crippen LogP contribution is -2.04. The lowest BCUT2D eigenvalue weighted by atomic mass is 10.0. The monoisotopic (exact) mass is 307 g/mol. The van der Waals surface area contributed by atoms with Gasteiger partial charge < -0.3 is 0 Å². The molecule has 20 heavy (non-hydrogen) atoms. The van der Waals surface area contributed by atoms with Gasteiger partial charge >= 0.3 is 0 Å². The summed E-state index contributed by atoms with van der Waals surface area (Å²) in [5, 5.41) is -0.257. The van der Waals surface area contributed by atoms with Crippen LogP contribution in [0.4, 0.5) is 22.0 Å². The van der Waals surface area contributed by atoms with Crippen molar-refractivity contribution < 1.29 is 26.7 Å². The van der Waals surface area contributed by atoms with Crippen LogP contribution in [-0.4, -0.2) is 11.3 Å². The Balaban J connectivity index is 2.79. The third-order valence-corrected chi connectivity index (χ3v) is 2.81. The molecule has 1 aromatic carbocycles. The molecule has 2 aromatic rings. The molecule has 104 valence electrons. The Labute approximate surface area is 113 Å². The van der Waals surface area contributed by atoms with E-state index in [-0.39, 0.29) is 17.0 Å². The lowest BCUT2D eigenvalue weighted by molar-refractivity contribution is 0.112. The van der Waals surface area contributed by atoms with Crippen LogP contribution in [-0.2, 0) is 0 Å². The molecule has 2 nitrogen and oxygen atoms in total. The first-order valence-corrected chi connectivity index (χ1v) is 5.38. The van der Waals surface area contributed by atoms with E-state index in [1.165, 1.54) is 0 Å². The van der Waals surface area contributed by atoms with E-state index in [9.17, 15) is 26.7 Å². The summed E-state index contributed by atoms with van der Waals surface area (Å²) in [4.78, 5) is 14.1. The Morgan fingerprint density at radius 1 is 0.950 bits per heavy atom. The fourth-order valence-electron chi connectivity index (χ4n) is 1.54. The smallest absolute Gasteiger partial charge is 0.200 e. The van der Waals surface area contributed by atoms with Crippen LogP contribution in [0.1, 0.15) is 10.4 Å². The van der Waals surface area contributed by atoms with Crippen molar-refractivity contribution in [3.8, 4) is 11.1 Å². The molecule has 0 saturated heterocycles. The van der Waals surface area contributed by atoms with Crippen molar-refractivity contribution in [1.29, 1.82) is 0 Å². The van der Waals surface area contributed by atoms with Crippen molar-refractivity contribution in [3.63, 3.8) is 0 Å². The summed E-state index contributed by atoms with van der Waals surface area (Å²) in [6, 6.07) is 0.876. The summed E-state index contributed by atoms with van der Waals surface area (Å²) < 4.78 is 66.2. The number of carbonyl (C=O) groups excluding carboxylic acids is 1. The summed E-state index contributed by atoms with van der Waals surface area (Å²) in [5.41, 5.74) is -1.87. The average Bonchev–Trinajstić information content (AvgIpc) is 2.45. The molecule has 0 aliphatic heterocycles. The molecule has 0 aliphatic rings. The van der Waals surface area contributed by atoms with Crippen LogP contribution in [0, 0.1) is 29.1 Å². The fourth-order valence-corrected chi connectivity index (χ4v) is 1.69. The van der Waals surface area contributed by atoms with Crippen molar-refractivity contribution in [2.75, 3.05) is 0 Å². The van der Waals surface area contributed by atoms with Crippen molar-refractivity contribution >= 4 is 17.9 Å². The van der Waals surface area contributed by atoms with Gasteiger partial charge in [-0.2, -0.15) is 0 Å². The Morgan fingerprint density at radius 3 is 1.95 bits per heavy atom. The topological polar surface area (TPSA) is 30.0 Å². The highest BCUT2D eigenvalue weighted by Gasteiger charge is 2.27. The minimum atomic E-state index is -2.26. The van der Waals surface area contributed by atoms with Crippen molar-refractivity contribution in [3.05, 3.63) is 52.1 Å². The first-order valence-electron chi connectivity index (χ1n) is 5.01. The summed E-state index contributed by atoms with van der Waals surface area (Å²) in [5.74, 6) is -10.4. The van der Waals surface area contributed by atoms with Crippen molar-refractivity contribution in [2.45, 2.75) is 0 Å². The van der Waals surface area contributed by atoms with Gasteiger partial charge in [-0.15, -0.1) is 0 Å². The Hall–Kier alpha value is -2.02. The maximum Gasteiger partial charge on any atom is 0.200 e. The van der Waals surface area contributed by atoms with E-state index in [1.807, 2.05) is 0 Å². The fraction of sp³-hybridized carbons (Fsp3) is 0. The number of benzene rings is 1. The van der Waals surface area contributed by atoms with Gasteiger partial charge in [0, 0.05) is 11.8 Å². The van der Waals surface area contributed by atoms with E-state index < -0.39 is 40.2 Å². The van der Waals surface area contributed by atoms with Gasteiger partial charge in [0.15, 0.2) is 29.6 Å². The standard InChI is InChI=1S/C12H3ClF5NO/c13-12-5(3-20)1-4(2-19-12)6-7(14)9(16)11(18)10(17)8(6)15/h1-3H. The predicted molar refractivity (Wildman–Crippen MR) is 59.9 cm³/mol. The van der Waals surface area contributed by atoms with Crippen LogP contribution in [0.25, 0.3) is 11.1 Å². The first kappa shape index (κ1) is 14.4. The zero-order chi connectivity index (χ0) is 15.0. The van der Waals surface area contributed by atoms with Crippen molar-refractivity contribution in [1.82, 2.24) is 4.98 Å². The summed E-state index contributed by atoms with van der Waals surface area (Å²) in [7, 11) is 0. The Kier molecular flexibility index (Phi) is 3.71. The van der Waals surface area contributed by atoms with Gasteiger partial charge in [-0.1, -0.05) is 11.6 Å². The maximum absolute atomic E-state index is 13.6. The summed E-state index contributed by atoms with van der Waals surface area (Å²) in [6.07, 6.45) is 1.04. The van der Waals surface area contributed by atoms with E-state index in [0.29, 0.717) is 0 Å². The number of hydrogen-bond acceptors (Lipinski definition) is 2. The highest BCUT2D eigenvalue weighted by atomic mass is 35.5. The highest BCUT2D eigenvalue weighted by molar-refractivity contribution is 6.31. The number of carbonyl (C=O) groups is 1. The zero-order valence-electron chi connectivity index (χ0n) is 9.36. The summed E-state index contributed by atoms with van der Waals surface area (Å²) in [6.45, 7) is 0. The van der Waals surface area contributed by atoms with Crippen LogP contribution in [0.3, 0.4) is 0 Å². The number of hydrogen-bond donors (Lipinski definition) is 0. The second-order valence-electron chi connectivity index (χ2n) is 3.67. The van der Waals surface area contributed by atoms with Crippen molar-refractivity contribution in [2.24, 2.45) is 0 Å². The van der Waals surface area contributed by atoms with Gasteiger partial charge in [0.1, 0.15) is 5.15 Å². The van der Waals surface area contributed by atoms with Gasteiger partial charge in [0.2, 0.25) is 5.82 Å². The second kappa shape index (κ2) is 5.16. The number of pyridine rings is 1. The minimum absolute atomic E-state index is 0.241. The molecular formula is C12H3ClF5NO. The van der Waals surface area contributed by atoms with E-state index in [4.69, 9.17) is 11.6 Å². The molecule has 0 spiro atoms. The largest absolute Gasteiger partial charge is 0.298 e. The molecule has 0 amide bonds. The molecule has 0 saturated carbocycles. The van der Waals surface area contributed by atoms with Crippen LogP contribution < -0.4 is 0 Å². The second-order valence-corrected chi connectivity index (χ2v) is 4.02. The third-order valence-electron chi connectivity index (χ3n) is 2.49. The lowest BCUT2D eigenvalue weighted by Gasteiger charge is -2.08. The minimum Gasteiger partial charge on any atom is -0.298 e. The first-order chi connectivity index (χ1) is 9.38. The molecule has 2 rings (SSSR count). The molecule has 1 aromatic heterocycles. The van der Waals surface area contributed by atoms with Gasteiger partial charge in [0.05, 0.1) is 11.1 Å². The molecule has 0 aliphatic carbocycles. The number of aromatic nitrogens is 1. The number of rotatable bonds is 2. The van der Waals surface area contributed by atoms with Crippen LogP contribution in [0.5, 0.6) is 0 Å². The van der Waals surface area contributed by atoms with Gasteiger partial charge in [-0.3, -0.25) is 4.79 Å².